The maximum atomic E-state index is 10.1. The lowest BCUT2D eigenvalue weighted by molar-refractivity contribution is -0.109. The van der Waals surface area contributed by atoms with Gasteiger partial charge in [0.2, 0.25) is 0 Å². The molecular weight excluding hydrogens is 192 g/mol. The predicted octanol–water partition coefficient (Wildman–Crippen LogP) is 2.44. The van der Waals surface area contributed by atoms with Crippen molar-refractivity contribution in [3.05, 3.63) is 24.3 Å². The van der Waals surface area contributed by atoms with Gasteiger partial charge in [0.1, 0.15) is 23.7 Å². The molecule has 0 aliphatic carbocycles. The average molecular weight is 208 g/mol. The lowest BCUT2D eigenvalue weighted by Gasteiger charge is -2.21. The van der Waals surface area contributed by atoms with E-state index < -0.39 is 0 Å². The Labute approximate surface area is 90.0 Å². The molecule has 1 aromatic carbocycles. The van der Waals surface area contributed by atoms with Crippen LogP contribution in [0.25, 0.3) is 0 Å². The molecule has 0 aromatic heterocycles. The second-order valence-electron chi connectivity index (χ2n) is 4.16. The van der Waals surface area contributed by atoms with Gasteiger partial charge in [-0.2, -0.15) is 0 Å². The van der Waals surface area contributed by atoms with Gasteiger partial charge in [-0.3, -0.25) is 4.79 Å². The first kappa shape index (κ1) is 11.6. The third-order valence-corrected chi connectivity index (χ3v) is 1.57. The molecule has 0 spiro atoms. The third kappa shape index (κ3) is 4.49. The lowest BCUT2D eigenvalue weighted by atomic mass is 10.2. The summed E-state index contributed by atoms with van der Waals surface area (Å²) in [5.41, 5.74) is -0.203. The van der Waals surface area contributed by atoms with E-state index in [4.69, 9.17) is 9.47 Å². The molecule has 0 fully saturated rings. The molecule has 1 aromatic rings. The zero-order valence-corrected chi connectivity index (χ0v) is 9.32. The van der Waals surface area contributed by atoms with Crippen LogP contribution in [0.2, 0.25) is 0 Å². The molecule has 0 N–H and O–H groups in total. The maximum Gasteiger partial charge on any atom is 0.157 e. The van der Waals surface area contributed by atoms with E-state index in [9.17, 15) is 4.79 Å². The summed E-state index contributed by atoms with van der Waals surface area (Å²) in [5.74, 6) is 1.46. The first-order valence-electron chi connectivity index (χ1n) is 4.87. The standard InChI is InChI=1S/C12H16O3/c1-12(2,3)15-11-6-4-10(5-7-11)14-9-8-13/h4-8H,9H2,1-3H3. The molecule has 3 heteroatoms. The molecule has 82 valence electrons. The van der Waals surface area contributed by atoms with Gasteiger partial charge >= 0.3 is 0 Å². The van der Waals surface area contributed by atoms with Crippen LogP contribution in [0.5, 0.6) is 11.5 Å². The highest BCUT2D eigenvalue weighted by molar-refractivity contribution is 5.51. The zero-order chi connectivity index (χ0) is 11.3. The first-order chi connectivity index (χ1) is 7.01. The Hall–Kier alpha value is -1.51. The molecule has 0 saturated carbocycles. The summed E-state index contributed by atoms with van der Waals surface area (Å²) in [7, 11) is 0. The summed E-state index contributed by atoms with van der Waals surface area (Å²) in [6.07, 6.45) is 0.722. The summed E-state index contributed by atoms with van der Waals surface area (Å²) >= 11 is 0. The van der Waals surface area contributed by atoms with Crippen molar-refractivity contribution in [1.82, 2.24) is 0 Å². The highest BCUT2D eigenvalue weighted by Gasteiger charge is 2.11. The molecule has 1 rings (SSSR count). The SMILES string of the molecule is CC(C)(C)Oc1ccc(OCC=O)cc1. The second kappa shape index (κ2) is 4.82. The fraction of sp³-hybridized carbons (Fsp3) is 0.417. The van der Waals surface area contributed by atoms with E-state index >= 15 is 0 Å². The maximum absolute atomic E-state index is 10.1. The van der Waals surface area contributed by atoms with Crippen molar-refractivity contribution in [2.75, 3.05) is 6.61 Å². The number of benzene rings is 1. The minimum atomic E-state index is -0.203. The lowest BCUT2D eigenvalue weighted by Crippen LogP contribution is -2.22. The predicted molar refractivity (Wildman–Crippen MR) is 58.4 cm³/mol. The molecular formula is C12H16O3. The van der Waals surface area contributed by atoms with Gasteiger partial charge in [-0.25, -0.2) is 0 Å². The normalized spacial score (nSPS) is 10.9. The van der Waals surface area contributed by atoms with Gasteiger partial charge in [-0.05, 0) is 45.0 Å². The molecule has 0 amide bonds. The number of aldehydes is 1. The topological polar surface area (TPSA) is 35.5 Å². The molecule has 0 saturated heterocycles. The van der Waals surface area contributed by atoms with Crippen LogP contribution in [0, 0.1) is 0 Å². The second-order valence-corrected chi connectivity index (χ2v) is 4.16. The number of hydrogen-bond acceptors (Lipinski definition) is 3. The van der Waals surface area contributed by atoms with E-state index in [1.54, 1.807) is 12.1 Å². The van der Waals surface area contributed by atoms with E-state index in [2.05, 4.69) is 0 Å². The molecule has 3 nitrogen and oxygen atoms in total. The summed E-state index contributed by atoms with van der Waals surface area (Å²) in [6, 6.07) is 7.21. The summed E-state index contributed by atoms with van der Waals surface area (Å²) in [6.45, 7) is 6.05. The highest BCUT2D eigenvalue weighted by atomic mass is 16.5. The van der Waals surface area contributed by atoms with Crippen LogP contribution in [0.3, 0.4) is 0 Å². The monoisotopic (exact) mass is 208 g/mol. The van der Waals surface area contributed by atoms with Crippen LogP contribution >= 0.6 is 0 Å². The van der Waals surface area contributed by atoms with Gasteiger partial charge < -0.3 is 9.47 Å². The van der Waals surface area contributed by atoms with E-state index in [1.165, 1.54) is 0 Å². The molecule has 0 aliphatic rings. The quantitative estimate of drug-likeness (QED) is 0.713. The summed E-state index contributed by atoms with van der Waals surface area (Å²) in [4.78, 5) is 10.1. The minimum Gasteiger partial charge on any atom is -0.488 e. The molecule has 0 heterocycles. The number of carbonyl (C=O) groups is 1. The van der Waals surface area contributed by atoms with Crippen molar-refractivity contribution in [3.63, 3.8) is 0 Å². The molecule has 0 atom stereocenters. The Kier molecular flexibility index (Phi) is 3.72. The van der Waals surface area contributed by atoms with Crippen LogP contribution in [0.15, 0.2) is 24.3 Å². The Bertz CT molecular complexity index is 309. The van der Waals surface area contributed by atoms with Crippen molar-refractivity contribution in [2.24, 2.45) is 0 Å². The van der Waals surface area contributed by atoms with Gasteiger partial charge in [0.25, 0.3) is 0 Å². The Morgan fingerprint density at radius 3 is 2.13 bits per heavy atom. The van der Waals surface area contributed by atoms with E-state index in [0.717, 1.165) is 12.0 Å². The van der Waals surface area contributed by atoms with E-state index in [1.807, 2.05) is 32.9 Å². The fourth-order valence-electron chi connectivity index (χ4n) is 1.09. The molecule has 15 heavy (non-hydrogen) atoms. The van der Waals surface area contributed by atoms with Crippen LogP contribution in [0.4, 0.5) is 0 Å². The van der Waals surface area contributed by atoms with Gasteiger partial charge in [0.15, 0.2) is 6.29 Å². The highest BCUT2D eigenvalue weighted by Crippen LogP contribution is 2.21. The van der Waals surface area contributed by atoms with Crippen molar-refractivity contribution in [3.8, 4) is 11.5 Å². The van der Waals surface area contributed by atoms with Crippen LogP contribution < -0.4 is 9.47 Å². The molecule has 0 unspecified atom stereocenters. The summed E-state index contributed by atoms with van der Waals surface area (Å²) < 4.78 is 10.8. The number of rotatable bonds is 4. The fourth-order valence-corrected chi connectivity index (χ4v) is 1.09. The molecule has 0 aliphatic heterocycles. The van der Waals surface area contributed by atoms with Crippen molar-refractivity contribution >= 4 is 6.29 Å². The van der Waals surface area contributed by atoms with Crippen LogP contribution in [-0.4, -0.2) is 18.5 Å². The Morgan fingerprint density at radius 2 is 1.67 bits per heavy atom. The third-order valence-electron chi connectivity index (χ3n) is 1.57. The number of hydrogen-bond donors (Lipinski definition) is 0. The van der Waals surface area contributed by atoms with E-state index in [0.29, 0.717) is 5.75 Å². The van der Waals surface area contributed by atoms with Crippen LogP contribution in [0.1, 0.15) is 20.8 Å². The Morgan fingerprint density at radius 1 is 1.13 bits per heavy atom. The van der Waals surface area contributed by atoms with Gasteiger partial charge in [0, 0.05) is 0 Å². The molecule has 0 bridgehead atoms. The average Bonchev–Trinajstić information content (AvgIpc) is 2.14. The molecule has 0 radical (unpaired) electrons. The van der Waals surface area contributed by atoms with Gasteiger partial charge in [-0.15, -0.1) is 0 Å². The zero-order valence-electron chi connectivity index (χ0n) is 9.32. The minimum absolute atomic E-state index is 0.0828. The smallest absolute Gasteiger partial charge is 0.157 e. The number of ether oxygens (including phenoxy) is 2. The first-order valence-corrected chi connectivity index (χ1v) is 4.87. The summed E-state index contributed by atoms with van der Waals surface area (Å²) in [5, 5.41) is 0. The van der Waals surface area contributed by atoms with Gasteiger partial charge in [0.05, 0.1) is 0 Å². The van der Waals surface area contributed by atoms with Crippen molar-refractivity contribution in [1.29, 1.82) is 0 Å². The van der Waals surface area contributed by atoms with Crippen LogP contribution in [-0.2, 0) is 4.79 Å². The van der Waals surface area contributed by atoms with E-state index in [-0.39, 0.29) is 12.2 Å². The largest absolute Gasteiger partial charge is 0.488 e. The van der Waals surface area contributed by atoms with Crippen molar-refractivity contribution in [2.45, 2.75) is 26.4 Å². The van der Waals surface area contributed by atoms with Gasteiger partial charge in [-0.1, -0.05) is 0 Å². The number of carbonyl (C=O) groups excluding carboxylic acids is 1. The Balaban J connectivity index is 2.60. The van der Waals surface area contributed by atoms with Crippen molar-refractivity contribution < 1.29 is 14.3 Å².